The van der Waals surface area contributed by atoms with E-state index in [-0.39, 0.29) is 24.4 Å². The molecule has 0 saturated carbocycles. The standard InChI is InChI=1S/C30H48N2O6/c1-5-9-11-15-22-37-28(36)24-23-26(34)32(20-13-12-14-21-33)25(27(35)31(18-7-3)19-10-6-2)30(23)17-16-29(24,8-4)38-30/h5,7,23-25,33H,1,3,6,8-22H2,2,4H3/t23-,24+,25?,29-,30?/m0/s1. The minimum absolute atomic E-state index is 0.0931. The van der Waals surface area contributed by atoms with E-state index in [9.17, 15) is 19.5 Å². The molecule has 3 aliphatic heterocycles. The predicted octanol–water partition coefficient (Wildman–Crippen LogP) is 4.02. The van der Waals surface area contributed by atoms with Crippen LogP contribution in [0.4, 0.5) is 0 Å². The number of esters is 1. The zero-order chi connectivity index (χ0) is 27.8. The van der Waals surface area contributed by atoms with Crippen LogP contribution in [0, 0.1) is 11.8 Å². The third kappa shape index (κ3) is 5.71. The molecular weight excluding hydrogens is 484 g/mol. The van der Waals surface area contributed by atoms with Crippen molar-refractivity contribution in [1.82, 2.24) is 9.80 Å². The number of aliphatic hydroxyl groups is 1. The summed E-state index contributed by atoms with van der Waals surface area (Å²) in [6.07, 6.45) is 11.7. The van der Waals surface area contributed by atoms with Gasteiger partial charge in [0, 0.05) is 26.2 Å². The van der Waals surface area contributed by atoms with Crippen LogP contribution >= 0.6 is 0 Å². The van der Waals surface area contributed by atoms with E-state index in [0.717, 1.165) is 38.5 Å². The summed E-state index contributed by atoms with van der Waals surface area (Å²) >= 11 is 0. The van der Waals surface area contributed by atoms with Crippen molar-refractivity contribution in [2.24, 2.45) is 11.8 Å². The molecular formula is C30H48N2O6. The fourth-order valence-electron chi connectivity index (χ4n) is 6.79. The molecule has 0 aromatic heterocycles. The Morgan fingerprint density at radius 2 is 1.92 bits per heavy atom. The van der Waals surface area contributed by atoms with E-state index in [4.69, 9.17) is 9.47 Å². The van der Waals surface area contributed by atoms with Crippen molar-refractivity contribution in [2.75, 3.05) is 32.8 Å². The minimum Gasteiger partial charge on any atom is -0.465 e. The molecule has 3 heterocycles. The van der Waals surface area contributed by atoms with Crippen LogP contribution in [0.1, 0.15) is 84.5 Å². The monoisotopic (exact) mass is 532 g/mol. The lowest BCUT2D eigenvalue weighted by atomic mass is 9.65. The van der Waals surface area contributed by atoms with Gasteiger partial charge in [-0.2, -0.15) is 0 Å². The summed E-state index contributed by atoms with van der Waals surface area (Å²) in [7, 11) is 0. The van der Waals surface area contributed by atoms with Crippen LogP contribution < -0.4 is 0 Å². The number of hydrogen-bond donors (Lipinski definition) is 1. The lowest BCUT2D eigenvalue weighted by molar-refractivity contribution is -0.162. The molecule has 0 aliphatic carbocycles. The number of carbonyl (C=O) groups is 3. The van der Waals surface area contributed by atoms with Crippen LogP contribution in [0.2, 0.25) is 0 Å². The SMILES string of the molecule is C=CCCCCOC(=O)[C@H]1[C@H]2C(=O)N(CCCCCO)C(C(=O)N(CC=C)CCCC)C23CC[C@]1(CC)O3. The highest BCUT2D eigenvalue weighted by Gasteiger charge is 2.79. The largest absolute Gasteiger partial charge is 0.465 e. The van der Waals surface area contributed by atoms with E-state index in [2.05, 4.69) is 20.1 Å². The van der Waals surface area contributed by atoms with Crippen LogP contribution in [-0.4, -0.2) is 82.8 Å². The van der Waals surface area contributed by atoms with Gasteiger partial charge in [-0.05, 0) is 64.2 Å². The van der Waals surface area contributed by atoms with Crippen LogP contribution in [-0.2, 0) is 23.9 Å². The number of aliphatic hydroxyl groups excluding tert-OH is 1. The van der Waals surface area contributed by atoms with E-state index in [1.165, 1.54) is 0 Å². The van der Waals surface area contributed by atoms with E-state index in [0.29, 0.717) is 58.3 Å². The summed E-state index contributed by atoms with van der Waals surface area (Å²) in [5.74, 6) is -2.12. The van der Waals surface area contributed by atoms with Gasteiger partial charge in [-0.15, -0.1) is 13.2 Å². The molecule has 5 atom stereocenters. The van der Waals surface area contributed by atoms with Gasteiger partial charge < -0.3 is 24.4 Å². The number of allylic oxidation sites excluding steroid dienone is 1. The first-order valence-corrected chi connectivity index (χ1v) is 14.7. The fourth-order valence-corrected chi connectivity index (χ4v) is 6.79. The maximum Gasteiger partial charge on any atom is 0.312 e. The van der Waals surface area contributed by atoms with Crippen molar-refractivity contribution in [3.63, 3.8) is 0 Å². The van der Waals surface area contributed by atoms with Gasteiger partial charge in [-0.1, -0.05) is 32.4 Å². The van der Waals surface area contributed by atoms with Gasteiger partial charge >= 0.3 is 5.97 Å². The van der Waals surface area contributed by atoms with Gasteiger partial charge in [0.2, 0.25) is 11.8 Å². The highest BCUT2D eigenvalue weighted by molar-refractivity contribution is 5.98. The third-order valence-electron chi connectivity index (χ3n) is 8.72. The molecule has 2 amide bonds. The first-order valence-electron chi connectivity index (χ1n) is 14.7. The van der Waals surface area contributed by atoms with Gasteiger partial charge in [-0.3, -0.25) is 14.4 Å². The Balaban J connectivity index is 1.94. The van der Waals surface area contributed by atoms with Crippen LogP contribution in [0.3, 0.4) is 0 Å². The van der Waals surface area contributed by atoms with Crippen molar-refractivity contribution < 1.29 is 29.0 Å². The Kier molecular flexibility index (Phi) is 11.0. The predicted molar refractivity (Wildman–Crippen MR) is 146 cm³/mol. The van der Waals surface area contributed by atoms with Crippen LogP contribution in [0.5, 0.6) is 0 Å². The Hall–Kier alpha value is -2.19. The summed E-state index contributed by atoms with van der Waals surface area (Å²) in [6.45, 7) is 13.4. The van der Waals surface area contributed by atoms with E-state index in [1.54, 1.807) is 15.9 Å². The smallest absolute Gasteiger partial charge is 0.312 e. The highest BCUT2D eigenvalue weighted by atomic mass is 16.6. The lowest BCUT2D eigenvalue weighted by Gasteiger charge is -2.37. The molecule has 8 heteroatoms. The lowest BCUT2D eigenvalue weighted by Crippen LogP contribution is -2.56. The number of carbonyl (C=O) groups excluding carboxylic acids is 3. The summed E-state index contributed by atoms with van der Waals surface area (Å²) in [5, 5.41) is 9.22. The molecule has 38 heavy (non-hydrogen) atoms. The number of unbranched alkanes of at least 4 members (excludes halogenated alkanes) is 5. The first-order chi connectivity index (χ1) is 18.4. The number of ether oxygens (including phenoxy) is 2. The second-order valence-electron chi connectivity index (χ2n) is 11.0. The molecule has 3 fully saturated rings. The molecule has 3 saturated heterocycles. The van der Waals surface area contributed by atoms with Gasteiger partial charge in [0.25, 0.3) is 0 Å². The van der Waals surface area contributed by atoms with Crippen LogP contribution in [0.15, 0.2) is 25.3 Å². The summed E-state index contributed by atoms with van der Waals surface area (Å²) in [4.78, 5) is 45.3. The second-order valence-corrected chi connectivity index (χ2v) is 11.0. The number of hydrogen-bond acceptors (Lipinski definition) is 6. The quantitative estimate of drug-likeness (QED) is 0.163. The topological polar surface area (TPSA) is 96.4 Å². The zero-order valence-corrected chi connectivity index (χ0v) is 23.5. The maximum absolute atomic E-state index is 14.2. The Morgan fingerprint density at radius 1 is 1.13 bits per heavy atom. The Morgan fingerprint density at radius 3 is 2.58 bits per heavy atom. The molecule has 0 radical (unpaired) electrons. The molecule has 3 rings (SSSR count). The summed E-state index contributed by atoms with van der Waals surface area (Å²) in [6, 6.07) is -0.773. The molecule has 1 spiro atoms. The van der Waals surface area contributed by atoms with E-state index in [1.807, 2.05) is 13.0 Å². The van der Waals surface area contributed by atoms with Gasteiger partial charge in [0.1, 0.15) is 17.6 Å². The van der Waals surface area contributed by atoms with E-state index < -0.39 is 29.1 Å². The average Bonchev–Trinajstić information content (AvgIpc) is 3.52. The molecule has 3 aliphatic rings. The first kappa shape index (κ1) is 30.4. The average molecular weight is 533 g/mol. The van der Waals surface area contributed by atoms with Crippen molar-refractivity contribution in [3.8, 4) is 0 Å². The number of nitrogens with zero attached hydrogens (tertiary/aromatic N) is 2. The molecule has 2 unspecified atom stereocenters. The molecule has 8 nitrogen and oxygen atoms in total. The number of likely N-dealkylation sites (tertiary alicyclic amines) is 1. The van der Waals surface area contributed by atoms with Gasteiger partial charge in [0.15, 0.2) is 0 Å². The van der Waals surface area contributed by atoms with Gasteiger partial charge in [0.05, 0.1) is 18.1 Å². The van der Waals surface area contributed by atoms with Crippen molar-refractivity contribution >= 4 is 17.8 Å². The molecule has 0 aromatic carbocycles. The Labute approximate surface area is 228 Å². The third-order valence-corrected chi connectivity index (χ3v) is 8.72. The number of amides is 2. The maximum atomic E-state index is 14.2. The Bertz CT molecular complexity index is 862. The molecule has 0 aromatic rings. The molecule has 2 bridgehead atoms. The van der Waals surface area contributed by atoms with Crippen molar-refractivity contribution in [3.05, 3.63) is 25.3 Å². The normalized spacial score (nSPS) is 29.4. The van der Waals surface area contributed by atoms with Crippen molar-refractivity contribution in [1.29, 1.82) is 0 Å². The molecule has 1 N–H and O–H groups in total. The summed E-state index contributed by atoms with van der Waals surface area (Å²) in [5.41, 5.74) is -1.81. The van der Waals surface area contributed by atoms with Crippen LogP contribution in [0.25, 0.3) is 0 Å². The van der Waals surface area contributed by atoms with Gasteiger partial charge in [-0.25, -0.2) is 0 Å². The fraction of sp³-hybridized carbons (Fsp3) is 0.767. The van der Waals surface area contributed by atoms with E-state index >= 15 is 0 Å². The summed E-state index contributed by atoms with van der Waals surface area (Å²) < 4.78 is 12.5. The highest BCUT2D eigenvalue weighted by Crippen LogP contribution is 2.64. The number of rotatable bonds is 18. The number of fused-ring (bicyclic) bond motifs is 1. The zero-order valence-electron chi connectivity index (χ0n) is 23.5. The molecule has 214 valence electrons. The minimum atomic E-state index is -1.03. The van der Waals surface area contributed by atoms with Crippen molar-refractivity contribution in [2.45, 2.75) is 102 Å². The second kappa shape index (κ2) is 13.7.